The van der Waals surface area contributed by atoms with Crippen molar-refractivity contribution in [1.29, 1.82) is 0 Å². The van der Waals surface area contributed by atoms with Crippen LogP contribution in [0.2, 0.25) is 0 Å². The second-order valence-electron chi connectivity index (χ2n) is 8.15. The summed E-state index contributed by atoms with van der Waals surface area (Å²) in [6, 6.07) is 18.4. The van der Waals surface area contributed by atoms with Gasteiger partial charge in [-0.1, -0.05) is 54.6 Å². The maximum atomic E-state index is 12.0. The van der Waals surface area contributed by atoms with Crippen LogP contribution in [0.3, 0.4) is 0 Å². The third-order valence-corrected chi connectivity index (χ3v) is 4.07. The molecule has 31 heavy (non-hydrogen) atoms. The number of aliphatic imine (C=N–C) groups is 1. The zero-order chi connectivity index (χ0) is 21.8. The number of carbonyl (C=O) groups excluding carboxylic acids is 1. The summed E-state index contributed by atoms with van der Waals surface area (Å²) < 4.78 is 5.82. The first kappa shape index (κ1) is 26.9. The number of nitrogens with one attached hydrogen (secondary N) is 3. The van der Waals surface area contributed by atoms with Crippen molar-refractivity contribution < 1.29 is 9.53 Å². The van der Waals surface area contributed by atoms with E-state index in [1.165, 1.54) is 0 Å². The summed E-state index contributed by atoms with van der Waals surface area (Å²) in [7, 11) is 0. The van der Waals surface area contributed by atoms with E-state index < -0.39 is 0 Å². The molecule has 1 amide bonds. The predicted molar refractivity (Wildman–Crippen MR) is 138 cm³/mol. The van der Waals surface area contributed by atoms with Crippen molar-refractivity contribution in [2.45, 2.75) is 53.0 Å². The average Bonchev–Trinajstić information content (AvgIpc) is 2.70. The van der Waals surface area contributed by atoms with E-state index in [0.717, 1.165) is 23.2 Å². The fourth-order valence-corrected chi connectivity index (χ4v) is 2.82. The van der Waals surface area contributed by atoms with Crippen molar-refractivity contribution in [1.82, 2.24) is 16.0 Å². The van der Waals surface area contributed by atoms with E-state index in [4.69, 9.17) is 4.74 Å². The van der Waals surface area contributed by atoms with E-state index in [1.54, 1.807) is 0 Å². The molecule has 2 aromatic rings. The molecule has 0 bridgehead atoms. The van der Waals surface area contributed by atoms with E-state index in [1.807, 2.05) is 58.0 Å². The van der Waals surface area contributed by atoms with Crippen molar-refractivity contribution in [3.8, 4) is 0 Å². The summed E-state index contributed by atoms with van der Waals surface area (Å²) in [5.41, 5.74) is 3.11. The predicted octanol–water partition coefficient (Wildman–Crippen LogP) is 3.99. The van der Waals surface area contributed by atoms with Crippen LogP contribution in [0.1, 0.15) is 44.4 Å². The van der Waals surface area contributed by atoms with Gasteiger partial charge in [0.25, 0.3) is 0 Å². The Balaban J connectivity index is 0.00000480. The minimum atomic E-state index is -0.253. The number of hydrogen-bond donors (Lipinski definition) is 3. The van der Waals surface area contributed by atoms with Crippen LogP contribution in [0.5, 0.6) is 0 Å². The summed E-state index contributed by atoms with van der Waals surface area (Å²) in [4.78, 5) is 16.6. The number of rotatable bonds is 9. The molecule has 7 heteroatoms. The highest BCUT2D eigenvalue weighted by molar-refractivity contribution is 14.0. The standard InChI is InChI=1S/C24H34N4O2.HI/c1-5-25-23(27-16-22(29)28-24(2,3)4)26-15-20-12-9-13-21(14-20)18-30-17-19-10-7-6-8-11-19;/h6-14H,5,15-18H2,1-4H3,(H,28,29)(H2,25,26,27);1H. The van der Waals surface area contributed by atoms with Crippen molar-refractivity contribution >= 4 is 35.8 Å². The van der Waals surface area contributed by atoms with Crippen molar-refractivity contribution in [2.75, 3.05) is 13.1 Å². The Bertz CT molecular complexity index is 820. The fraction of sp³-hybridized carbons (Fsp3) is 0.417. The maximum absolute atomic E-state index is 12.0. The lowest BCUT2D eigenvalue weighted by atomic mass is 10.1. The number of amides is 1. The minimum Gasteiger partial charge on any atom is -0.372 e. The number of nitrogens with zero attached hydrogens (tertiary/aromatic N) is 1. The topological polar surface area (TPSA) is 74.8 Å². The summed E-state index contributed by atoms with van der Waals surface area (Å²) >= 11 is 0. The van der Waals surface area contributed by atoms with Gasteiger partial charge in [-0.25, -0.2) is 4.99 Å². The fourth-order valence-electron chi connectivity index (χ4n) is 2.82. The van der Waals surface area contributed by atoms with Gasteiger partial charge in [-0.15, -0.1) is 24.0 Å². The third-order valence-electron chi connectivity index (χ3n) is 4.07. The molecule has 0 radical (unpaired) electrons. The van der Waals surface area contributed by atoms with Crippen LogP contribution in [0.4, 0.5) is 0 Å². The maximum Gasteiger partial charge on any atom is 0.239 e. The molecule has 0 unspecified atom stereocenters. The Morgan fingerprint density at radius 1 is 0.935 bits per heavy atom. The van der Waals surface area contributed by atoms with Crippen LogP contribution in [0, 0.1) is 0 Å². The van der Waals surface area contributed by atoms with E-state index >= 15 is 0 Å². The van der Waals surface area contributed by atoms with Crippen LogP contribution in [0.25, 0.3) is 0 Å². The van der Waals surface area contributed by atoms with E-state index in [0.29, 0.717) is 25.7 Å². The van der Waals surface area contributed by atoms with Gasteiger partial charge in [-0.3, -0.25) is 4.79 Å². The van der Waals surface area contributed by atoms with Crippen LogP contribution < -0.4 is 16.0 Å². The molecular formula is C24H35IN4O2. The third kappa shape index (κ3) is 11.7. The van der Waals surface area contributed by atoms with Crippen LogP contribution in [-0.4, -0.2) is 30.5 Å². The molecule has 0 aliphatic carbocycles. The zero-order valence-electron chi connectivity index (χ0n) is 18.9. The molecule has 0 aromatic heterocycles. The lowest BCUT2D eigenvalue weighted by molar-refractivity contribution is -0.121. The van der Waals surface area contributed by atoms with Gasteiger partial charge in [0.15, 0.2) is 5.96 Å². The first-order valence-electron chi connectivity index (χ1n) is 10.4. The second-order valence-corrected chi connectivity index (χ2v) is 8.15. The summed E-state index contributed by atoms with van der Waals surface area (Å²) in [6.45, 7) is 10.4. The highest BCUT2D eigenvalue weighted by Gasteiger charge is 2.13. The molecule has 6 nitrogen and oxygen atoms in total. The molecule has 0 heterocycles. The summed E-state index contributed by atoms with van der Waals surface area (Å²) in [5, 5.41) is 9.19. The molecule has 0 saturated heterocycles. The number of carbonyl (C=O) groups is 1. The van der Waals surface area contributed by atoms with Crippen LogP contribution in [-0.2, 0) is 29.3 Å². The van der Waals surface area contributed by atoms with E-state index in [-0.39, 0.29) is 42.0 Å². The highest BCUT2D eigenvalue weighted by Crippen LogP contribution is 2.10. The Hall–Kier alpha value is -2.13. The summed E-state index contributed by atoms with van der Waals surface area (Å²) in [6.07, 6.45) is 0. The first-order valence-corrected chi connectivity index (χ1v) is 10.4. The lowest BCUT2D eigenvalue weighted by Crippen LogP contribution is -2.48. The largest absolute Gasteiger partial charge is 0.372 e. The Kier molecular flexibility index (Phi) is 12.2. The average molecular weight is 538 g/mol. The molecule has 0 saturated carbocycles. The van der Waals surface area contributed by atoms with Gasteiger partial charge in [-0.2, -0.15) is 0 Å². The van der Waals surface area contributed by atoms with Crippen LogP contribution in [0.15, 0.2) is 59.6 Å². The monoisotopic (exact) mass is 538 g/mol. The highest BCUT2D eigenvalue weighted by atomic mass is 127. The van der Waals surface area contributed by atoms with Gasteiger partial charge in [0.1, 0.15) is 0 Å². The Morgan fingerprint density at radius 3 is 2.26 bits per heavy atom. The molecule has 2 aromatic carbocycles. The molecule has 170 valence electrons. The second kappa shape index (κ2) is 14.0. The molecule has 0 fully saturated rings. The van der Waals surface area contributed by atoms with Crippen molar-refractivity contribution in [2.24, 2.45) is 4.99 Å². The molecule has 2 rings (SSSR count). The van der Waals surface area contributed by atoms with Crippen LogP contribution >= 0.6 is 24.0 Å². The summed E-state index contributed by atoms with van der Waals surface area (Å²) in [5.74, 6) is 0.554. The molecule has 0 aliphatic heterocycles. The molecule has 3 N–H and O–H groups in total. The lowest BCUT2D eigenvalue weighted by Gasteiger charge is -2.21. The van der Waals surface area contributed by atoms with Gasteiger partial charge in [-0.05, 0) is 44.4 Å². The molecule has 0 aliphatic rings. The Labute approximate surface area is 203 Å². The zero-order valence-corrected chi connectivity index (χ0v) is 21.2. The molecule has 0 atom stereocenters. The smallest absolute Gasteiger partial charge is 0.239 e. The van der Waals surface area contributed by atoms with Gasteiger partial charge < -0.3 is 20.7 Å². The number of hydrogen-bond acceptors (Lipinski definition) is 3. The number of guanidine groups is 1. The number of benzene rings is 2. The minimum absolute atomic E-state index is 0. The van der Waals surface area contributed by atoms with Gasteiger partial charge in [0.2, 0.25) is 5.91 Å². The van der Waals surface area contributed by atoms with Crippen molar-refractivity contribution in [3.63, 3.8) is 0 Å². The Morgan fingerprint density at radius 2 is 1.58 bits per heavy atom. The van der Waals surface area contributed by atoms with E-state index in [2.05, 4.69) is 45.2 Å². The van der Waals surface area contributed by atoms with Gasteiger partial charge in [0, 0.05) is 12.1 Å². The number of ether oxygens (including phenoxy) is 1. The molecular weight excluding hydrogens is 503 g/mol. The molecule has 0 spiro atoms. The normalized spacial score (nSPS) is 11.4. The van der Waals surface area contributed by atoms with Gasteiger partial charge >= 0.3 is 0 Å². The quantitative estimate of drug-likeness (QED) is 0.257. The van der Waals surface area contributed by atoms with E-state index in [9.17, 15) is 4.79 Å². The SMILES string of the molecule is CCNC(=NCc1cccc(COCc2ccccc2)c1)NCC(=O)NC(C)(C)C.I. The van der Waals surface area contributed by atoms with Crippen molar-refractivity contribution in [3.05, 3.63) is 71.3 Å². The number of halogens is 1. The van der Waals surface area contributed by atoms with Gasteiger partial charge in [0.05, 0.1) is 26.3 Å². The first-order chi connectivity index (χ1) is 14.4.